The Kier molecular flexibility index (Phi) is 37.6. The molecule has 23 atom stereocenters. The van der Waals surface area contributed by atoms with Crippen molar-refractivity contribution in [2.24, 2.45) is 0 Å². The summed E-state index contributed by atoms with van der Waals surface area (Å²) in [5.41, 5.74) is 2.67. The first-order valence-electron chi connectivity index (χ1n) is 37.7. The molecule has 0 radical (unpaired) electrons. The number of hydrogen-bond acceptors (Lipinski definition) is 38. The van der Waals surface area contributed by atoms with Crippen molar-refractivity contribution in [1.29, 1.82) is 0 Å². The van der Waals surface area contributed by atoms with Gasteiger partial charge >= 0.3 is 305 Å². The minimum Gasteiger partial charge on any atom is -0.394 e. The average molecular weight is 1760 g/mol. The van der Waals surface area contributed by atoms with Gasteiger partial charge in [-0.3, -0.25) is 14.4 Å². The first kappa shape index (κ1) is 92.6. The standard InChI is InChI=1S/C66H112IN18O28P/c1-38(90)68-53-60(98)57(95)49(35-87)111-63(53)106-21-17-102-13-9-81-30-42(71-75-81)26-79(27-43-31-82(76-72-43)10-14-105-20-24-109-66-56-46(85(56,101)41(4)93)25-47(94)48(34-86)110-66)8-6-5-7-52(67-114)80(28-44-32-83(77-73-44)11-15-103-18-22-107-64-54(69-39(2)91)61(99)58(96)50(36-88)112-64)29-45-33-84(78-74-45)12-16-104-19-23-108-65-55(70-40(3)92)62(100)59(97)51(37-89)113-65/h30-33,46-66,86-89,94-101H,5-29,34-37,114H2,1-4H3,(H,68,90)(H,69,91)(H,70,92)/t46?,47?,48?,49?,50?,51?,52-,53?,54+,55?,56?,57?,58?,59?,60?,61?,62?,63?,64?,65?,66?,85?/m1/s1. The number of nitrogens with zero attached hydrogens (tertiary/aromatic N) is 15. The fourth-order valence-corrected chi connectivity index (χ4v) is 17.3. The third-order valence-corrected chi connectivity index (χ3v) is 23.8. The summed E-state index contributed by atoms with van der Waals surface area (Å²) in [6, 6.07) is -4.71. The van der Waals surface area contributed by atoms with Crippen LogP contribution in [0.1, 0.15) is 76.2 Å². The molecule has 0 saturated carbocycles. The maximum atomic E-state index is 12.4. The molecule has 4 amide bonds. The number of rotatable bonds is 50. The number of alkyl halides is 1. The van der Waals surface area contributed by atoms with Crippen molar-refractivity contribution in [1.82, 2.24) is 85.7 Å². The fraction of sp³-hybridized carbons (Fsp3) is 0.818. The van der Waals surface area contributed by atoms with E-state index in [4.69, 9.17) is 56.8 Å². The third-order valence-electron chi connectivity index (χ3n) is 19.7. The molecular weight excluding hydrogens is 1650 g/mol. The molecule has 9 rings (SSSR count). The van der Waals surface area contributed by atoms with Gasteiger partial charge in [-0.05, 0) is 0 Å². The zero-order valence-electron chi connectivity index (χ0n) is 64.0. The predicted molar refractivity (Wildman–Crippen MR) is 381 cm³/mol. The van der Waals surface area contributed by atoms with Crippen LogP contribution in [0.25, 0.3) is 0 Å². The van der Waals surface area contributed by atoms with Crippen LogP contribution >= 0.6 is 6.88 Å². The van der Waals surface area contributed by atoms with Gasteiger partial charge in [-0.15, -0.1) is 0 Å². The molecule has 5 saturated heterocycles. The summed E-state index contributed by atoms with van der Waals surface area (Å²) in [7, 11) is 0. The number of carbonyl (C=O) groups is 4. The average Bonchev–Trinajstić information content (AvgIpc) is 1.54. The Bertz CT molecular complexity index is 3430. The van der Waals surface area contributed by atoms with Crippen molar-refractivity contribution >= 4 is 30.5 Å². The zero-order chi connectivity index (χ0) is 82.0. The van der Waals surface area contributed by atoms with Crippen molar-refractivity contribution in [3.63, 3.8) is 0 Å². The number of halogens is 1. The van der Waals surface area contributed by atoms with Gasteiger partial charge in [0.25, 0.3) is 0 Å². The van der Waals surface area contributed by atoms with Crippen LogP contribution in [0.2, 0.25) is 0 Å². The van der Waals surface area contributed by atoms with E-state index in [9.17, 15) is 80.6 Å². The number of unbranched alkanes of at least 4 members (excludes halogenated alkanes) is 1. The Labute approximate surface area is 668 Å². The SMILES string of the molecule is CC(=O)NC1C(OCCOCCn2cc(CN(CCCC[C@H]([I-]P)N(Cc3cn(CCOCCOC4OC(CO)C(O)C(O)C4NC(C)=O)nn3)Cc3cn(CCOCCOC4OC(CO)C(O)C(O)[C@@H]4NC(C)=O)nn3)Cc3cn(CCOCCOC4OC(CO)C(O)CC5C4[N+]5(O)C(C)=O)nn3)nn2)OC(CO)C(O)C1O. The van der Waals surface area contributed by atoms with Crippen molar-refractivity contribution in [3.8, 4) is 0 Å². The molecule has 0 bridgehead atoms. The van der Waals surface area contributed by atoms with Crippen LogP contribution in [0.5, 0.6) is 0 Å². The van der Waals surface area contributed by atoms with Gasteiger partial charge in [0.1, 0.15) is 79.2 Å². The molecule has 4 aromatic heterocycles. The van der Waals surface area contributed by atoms with Gasteiger partial charge in [0, 0.05) is 27.2 Å². The summed E-state index contributed by atoms with van der Waals surface area (Å²) in [5, 5.41) is 167. The second-order valence-electron chi connectivity index (χ2n) is 28.1. The van der Waals surface area contributed by atoms with E-state index in [0.29, 0.717) is 81.7 Å². The Morgan fingerprint density at radius 2 is 0.825 bits per heavy atom. The molecule has 46 nitrogen and oxygen atoms in total. The molecule has 0 aromatic carbocycles. The first-order chi connectivity index (χ1) is 54.8. The van der Waals surface area contributed by atoms with Crippen molar-refractivity contribution in [3.05, 3.63) is 47.6 Å². The number of aromatic nitrogens is 12. The molecule has 0 spiro atoms. The van der Waals surface area contributed by atoms with E-state index in [1.807, 2.05) is 24.8 Å². The fourth-order valence-electron chi connectivity index (χ4n) is 13.7. The molecule has 114 heavy (non-hydrogen) atoms. The number of fused-ring (bicyclic) bond motifs is 1. The van der Waals surface area contributed by atoms with E-state index in [-0.39, 0.29) is 89.8 Å². The molecule has 48 heteroatoms. The molecule has 646 valence electrons. The molecule has 0 aliphatic carbocycles. The molecule has 9 heterocycles. The smallest absolute Gasteiger partial charge is 0.112 e. The summed E-state index contributed by atoms with van der Waals surface area (Å²) >= 11 is -0.560. The third kappa shape index (κ3) is 26.6. The van der Waals surface area contributed by atoms with E-state index in [0.717, 1.165) is 19.3 Å². The zero-order valence-corrected chi connectivity index (χ0v) is 67.3. The van der Waals surface area contributed by atoms with Gasteiger partial charge in [-0.1, -0.05) is 4.65 Å². The Morgan fingerprint density at radius 3 is 1.15 bits per heavy atom. The first-order valence-corrected chi connectivity index (χ1v) is 43.2. The number of nitrogens with one attached hydrogen (secondary N) is 3. The van der Waals surface area contributed by atoms with Gasteiger partial charge in [0.05, 0.1) is 65.9 Å². The predicted octanol–water partition coefficient (Wildman–Crippen LogP) is -11.9. The van der Waals surface area contributed by atoms with Gasteiger partial charge < -0.3 is 110 Å². The Balaban J connectivity index is 0.809. The molecule has 5 aliphatic heterocycles. The van der Waals surface area contributed by atoms with E-state index >= 15 is 0 Å². The number of amides is 4. The van der Waals surface area contributed by atoms with E-state index < -0.39 is 198 Å². The molecule has 21 unspecified atom stereocenters. The minimum absolute atomic E-state index is 0.0165. The maximum absolute atomic E-state index is 12.4. The number of hydrogen-bond donors (Lipinski definition) is 15. The van der Waals surface area contributed by atoms with E-state index in [1.165, 1.54) is 27.7 Å². The minimum atomic E-state index is -1.46. The molecule has 5 fully saturated rings. The van der Waals surface area contributed by atoms with Crippen LogP contribution in [0.4, 0.5) is 0 Å². The molecular formula is C66H112IN18O28P. The number of aliphatic hydroxyl groups excluding tert-OH is 11. The molecule has 4 aromatic rings. The van der Waals surface area contributed by atoms with Gasteiger partial charge in [-0.2, -0.15) is 0 Å². The van der Waals surface area contributed by atoms with Crippen LogP contribution in [-0.2, 0) is 128 Å². The summed E-state index contributed by atoms with van der Waals surface area (Å²) in [4.78, 5) is 52.6. The van der Waals surface area contributed by atoms with Crippen LogP contribution in [-0.4, -0.2) is 398 Å². The van der Waals surface area contributed by atoms with Gasteiger partial charge in [0.15, 0.2) is 24.9 Å². The molecule has 5 aliphatic rings. The second kappa shape index (κ2) is 46.3. The van der Waals surface area contributed by atoms with Crippen LogP contribution in [0.15, 0.2) is 24.8 Å². The second-order valence-corrected chi connectivity index (χ2v) is 32.0. The normalized spacial score (nSPS) is 30.0. The monoisotopic (exact) mass is 1760 g/mol. The molecule has 15 N–H and O–H groups in total. The van der Waals surface area contributed by atoms with Gasteiger partial charge in [0.2, 0.25) is 30.1 Å². The number of carbonyl (C=O) groups excluding carboxylic acids is 4. The van der Waals surface area contributed by atoms with Crippen LogP contribution in [0, 0.1) is 0 Å². The van der Waals surface area contributed by atoms with Crippen LogP contribution < -0.4 is 36.6 Å². The Morgan fingerprint density at radius 1 is 0.491 bits per heavy atom. The van der Waals surface area contributed by atoms with E-state index in [1.54, 1.807) is 18.7 Å². The number of quaternary nitrogens is 1. The van der Waals surface area contributed by atoms with E-state index in [2.05, 4.69) is 73.9 Å². The summed E-state index contributed by atoms with van der Waals surface area (Å²) in [6.07, 6.45) is -9.21. The van der Waals surface area contributed by atoms with Crippen molar-refractivity contribution in [2.45, 2.75) is 232 Å². The summed E-state index contributed by atoms with van der Waals surface area (Å²) < 4.78 is 75.2. The van der Waals surface area contributed by atoms with Crippen molar-refractivity contribution < 1.29 is 163 Å². The summed E-state index contributed by atoms with van der Waals surface area (Å²) in [6.45, 7) is 10.3. The largest absolute Gasteiger partial charge is 0.394 e. The quantitative estimate of drug-likeness (QED) is 0.00285. The number of hydroxylamine groups is 3. The Hall–Kier alpha value is -5.28. The van der Waals surface area contributed by atoms with Gasteiger partial charge in [-0.25, -0.2) is 10.0 Å². The van der Waals surface area contributed by atoms with Crippen LogP contribution in [0.3, 0.4) is 0 Å². The number of ether oxygens (including phenoxy) is 12. The van der Waals surface area contributed by atoms with Crippen molar-refractivity contribution in [2.75, 3.05) is 112 Å². The summed E-state index contributed by atoms with van der Waals surface area (Å²) in [5.74, 6) is -1.96. The topological polar surface area (TPSA) is 587 Å². The maximum Gasteiger partial charge on any atom is 0.112 e. The number of aliphatic hydroxyl groups is 11.